The number of aliphatic hydroxyl groups excluding tert-OH is 1. The maximum Gasteiger partial charge on any atom is 0.334 e. The summed E-state index contributed by atoms with van der Waals surface area (Å²) in [7, 11) is 0. The van der Waals surface area contributed by atoms with Crippen molar-refractivity contribution in [2.45, 2.75) is 38.7 Å². The molecule has 0 saturated carbocycles. The molecule has 0 fully saturated rings. The smallest absolute Gasteiger partial charge is 0.334 e. The molecule has 0 saturated heterocycles. The van der Waals surface area contributed by atoms with Crippen molar-refractivity contribution in [3.05, 3.63) is 0 Å². The fourth-order valence-corrected chi connectivity index (χ4v) is 0.732. The average molecular weight is 185 g/mol. The minimum Gasteiger partial charge on any atom is -0.464 e. The third-order valence-electron chi connectivity index (χ3n) is 1.54. The van der Waals surface area contributed by atoms with E-state index in [1.165, 1.54) is 0 Å². The number of ether oxygens (including phenoxy) is 1. The number of carbonyl (C=O) groups is 1. The van der Waals surface area contributed by atoms with E-state index in [-0.39, 0.29) is 12.8 Å². The lowest BCUT2D eigenvalue weighted by atomic mass is 10.2. The number of rotatable bonds is 6. The molecule has 0 aliphatic rings. The molecule has 0 bridgehead atoms. The number of aliphatic hydroxyl groups is 1. The van der Waals surface area contributed by atoms with Crippen LogP contribution < -0.4 is 0 Å². The van der Waals surface area contributed by atoms with Crippen molar-refractivity contribution < 1.29 is 14.6 Å². The monoisotopic (exact) mass is 185 g/mol. The van der Waals surface area contributed by atoms with Gasteiger partial charge in [0.25, 0.3) is 0 Å². The van der Waals surface area contributed by atoms with Crippen molar-refractivity contribution in [2.75, 3.05) is 6.61 Å². The van der Waals surface area contributed by atoms with E-state index in [1.54, 1.807) is 0 Å². The summed E-state index contributed by atoms with van der Waals surface area (Å²) in [6.07, 6.45) is 0.931. The third-order valence-corrected chi connectivity index (χ3v) is 1.54. The van der Waals surface area contributed by atoms with Crippen molar-refractivity contribution in [3.8, 4) is 6.07 Å². The first-order valence-corrected chi connectivity index (χ1v) is 4.44. The topological polar surface area (TPSA) is 70.3 Å². The predicted molar refractivity (Wildman–Crippen MR) is 46.7 cm³/mol. The SMILES string of the molecule is CCCCOC(=O)C(O)CCC#N. The summed E-state index contributed by atoms with van der Waals surface area (Å²) >= 11 is 0. The molecular weight excluding hydrogens is 170 g/mol. The van der Waals surface area contributed by atoms with Crippen LogP contribution in [0, 0.1) is 11.3 Å². The fourth-order valence-electron chi connectivity index (χ4n) is 0.732. The van der Waals surface area contributed by atoms with Gasteiger partial charge < -0.3 is 9.84 Å². The minimum atomic E-state index is -1.14. The van der Waals surface area contributed by atoms with E-state index in [0.29, 0.717) is 6.61 Å². The molecule has 0 radical (unpaired) electrons. The van der Waals surface area contributed by atoms with Gasteiger partial charge in [0.2, 0.25) is 0 Å². The summed E-state index contributed by atoms with van der Waals surface area (Å²) in [5.74, 6) is -0.622. The van der Waals surface area contributed by atoms with Crippen molar-refractivity contribution in [3.63, 3.8) is 0 Å². The van der Waals surface area contributed by atoms with Crippen LogP contribution in [0.1, 0.15) is 32.6 Å². The number of unbranched alkanes of at least 4 members (excludes halogenated alkanes) is 1. The lowest BCUT2D eigenvalue weighted by Gasteiger charge is -2.07. The summed E-state index contributed by atoms with van der Waals surface area (Å²) in [4.78, 5) is 10.9. The van der Waals surface area contributed by atoms with E-state index >= 15 is 0 Å². The Labute approximate surface area is 78.1 Å². The Morgan fingerprint density at radius 2 is 2.38 bits per heavy atom. The number of carbonyl (C=O) groups excluding carboxylic acids is 1. The van der Waals surface area contributed by atoms with Gasteiger partial charge in [0.15, 0.2) is 6.10 Å². The first-order chi connectivity index (χ1) is 6.22. The lowest BCUT2D eigenvalue weighted by Crippen LogP contribution is -2.23. The van der Waals surface area contributed by atoms with E-state index in [0.717, 1.165) is 12.8 Å². The Hall–Kier alpha value is -1.08. The van der Waals surface area contributed by atoms with Gasteiger partial charge >= 0.3 is 5.97 Å². The molecule has 0 aromatic rings. The normalized spacial score (nSPS) is 11.8. The van der Waals surface area contributed by atoms with Crippen molar-refractivity contribution in [2.24, 2.45) is 0 Å². The van der Waals surface area contributed by atoms with Gasteiger partial charge in [-0.1, -0.05) is 13.3 Å². The fraction of sp³-hybridized carbons (Fsp3) is 0.778. The molecule has 0 aromatic carbocycles. The van der Waals surface area contributed by atoms with Crippen molar-refractivity contribution in [1.82, 2.24) is 0 Å². The van der Waals surface area contributed by atoms with Crippen LogP contribution in [-0.2, 0) is 9.53 Å². The zero-order chi connectivity index (χ0) is 10.1. The minimum absolute atomic E-state index is 0.154. The van der Waals surface area contributed by atoms with Gasteiger partial charge in [-0.05, 0) is 12.8 Å². The highest BCUT2D eigenvalue weighted by atomic mass is 16.5. The van der Waals surface area contributed by atoms with Gasteiger partial charge in [-0.15, -0.1) is 0 Å². The van der Waals surface area contributed by atoms with E-state index in [2.05, 4.69) is 0 Å². The van der Waals surface area contributed by atoms with Crippen LogP contribution in [0.2, 0.25) is 0 Å². The van der Waals surface area contributed by atoms with Gasteiger partial charge in [0.1, 0.15) is 0 Å². The molecule has 74 valence electrons. The highest BCUT2D eigenvalue weighted by Crippen LogP contribution is 1.99. The number of nitriles is 1. The van der Waals surface area contributed by atoms with Gasteiger partial charge in [0.05, 0.1) is 12.7 Å². The molecule has 4 heteroatoms. The number of hydrogen-bond donors (Lipinski definition) is 1. The lowest BCUT2D eigenvalue weighted by molar-refractivity contribution is -0.153. The number of hydrogen-bond acceptors (Lipinski definition) is 4. The molecule has 1 N–H and O–H groups in total. The second-order valence-electron chi connectivity index (χ2n) is 2.73. The molecule has 0 rings (SSSR count). The van der Waals surface area contributed by atoms with Gasteiger partial charge in [0, 0.05) is 6.42 Å². The largest absolute Gasteiger partial charge is 0.464 e. The zero-order valence-electron chi connectivity index (χ0n) is 7.82. The average Bonchev–Trinajstić information content (AvgIpc) is 2.14. The molecule has 0 amide bonds. The predicted octanol–water partition coefficient (Wildman–Crippen LogP) is 0.994. The molecule has 0 aromatic heterocycles. The van der Waals surface area contributed by atoms with E-state index in [1.807, 2.05) is 13.0 Å². The molecule has 1 unspecified atom stereocenters. The van der Waals surface area contributed by atoms with Crippen LogP contribution >= 0.6 is 0 Å². The summed E-state index contributed by atoms with van der Waals surface area (Å²) in [6.45, 7) is 2.33. The second-order valence-corrected chi connectivity index (χ2v) is 2.73. The zero-order valence-corrected chi connectivity index (χ0v) is 7.82. The Kier molecular flexibility index (Phi) is 6.93. The van der Waals surface area contributed by atoms with Crippen LogP contribution in [0.4, 0.5) is 0 Å². The molecule has 4 nitrogen and oxygen atoms in total. The van der Waals surface area contributed by atoms with Gasteiger partial charge in [-0.3, -0.25) is 0 Å². The van der Waals surface area contributed by atoms with E-state index in [9.17, 15) is 4.79 Å². The molecule has 1 atom stereocenters. The highest BCUT2D eigenvalue weighted by Gasteiger charge is 2.15. The summed E-state index contributed by atoms with van der Waals surface area (Å²) < 4.78 is 4.74. The van der Waals surface area contributed by atoms with Crippen molar-refractivity contribution >= 4 is 5.97 Å². The highest BCUT2D eigenvalue weighted by molar-refractivity contribution is 5.74. The molecule has 0 spiro atoms. The maximum atomic E-state index is 10.9. The van der Waals surface area contributed by atoms with Crippen LogP contribution in [0.3, 0.4) is 0 Å². The first kappa shape index (κ1) is 11.9. The van der Waals surface area contributed by atoms with Crippen molar-refractivity contribution in [1.29, 1.82) is 5.26 Å². The van der Waals surface area contributed by atoms with Crippen LogP contribution in [-0.4, -0.2) is 23.8 Å². The van der Waals surface area contributed by atoms with Crippen LogP contribution in [0.25, 0.3) is 0 Å². The van der Waals surface area contributed by atoms with E-state index in [4.69, 9.17) is 15.1 Å². The first-order valence-electron chi connectivity index (χ1n) is 4.44. The third kappa shape index (κ3) is 6.12. The number of nitrogens with zero attached hydrogens (tertiary/aromatic N) is 1. The summed E-state index contributed by atoms with van der Waals surface area (Å²) in [5, 5.41) is 17.3. The molecular formula is C9H15NO3. The molecule has 0 aliphatic carbocycles. The summed E-state index contributed by atoms with van der Waals surface area (Å²) in [5.41, 5.74) is 0. The molecule has 0 aliphatic heterocycles. The Morgan fingerprint density at radius 3 is 2.92 bits per heavy atom. The second kappa shape index (κ2) is 7.56. The standard InChI is InChI=1S/C9H15NO3/c1-2-3-7-13-9(12)8(11)5-4-6-10/h8,11H,2-5,7H2,1H3. The quantitative estimate of drug-likeness (QED) is 0.495. The van der Waals surface area contributed by atoms with Crippen LogP contribution in [0.15, 0.2) is 0 Å². The van der Waals surface area contributed by atoms with E-state index < -0.39 is 12.1 Å². The van der Waals surface area contributed by atoms with Gasteiger partial charge in [-0.25, -0.2) is 4.79 Å². The number of esters is 1. The maximum absolute atomic E-state index is 10.9. The molecule has 13 heavy (non-hydrogen) atoms. The Morgan fingerprint density at radius 1 is 1.69 bits per heavy atom. The Balaban J connectivity index is 3.52. The summed E-state index contributed by atoms with van der Waals surface area (Å²) in [6, 6.07) is 1.85. The Bertz CT molecular complexity index is 186. The van der Waals surface area contributed by atoms with Crippen LogP contribution in [0.5, 0.6) is 0 Å². The van der Waals surface area contributed by atoms with Gasteiger partial charge in [-0.2, -0.15) is 5.26 Å². The molecule has 0 heterocycles.